The van der Waals surface area contributed by atoms with Gasteiger partial charge in [-0.2, -0.15) is 0 Å². The summed E-state index contributed by atoms with van der Waals surface area (Å²) in [7, 11) is 0. The fraction of sp³-hybridized carbons (Fsp3) is 0.118. The number of hydrogen-bond acceptors (Lipinski definition) is 7. The molecular formula is C17H13N2O3S3-. The molecule has 128 valence electrons. The molecule has 1 aromatic rings. The molecule has 0 saturated carbocycles. The highest BCUT2D eigenvalue weighted by Crippen LogP contribution is 2.45. The van der Waals surface area contributed by atoms with E-state index >= 15 is 0 Å². The van der Waals surface area contributed by atoms with Crippen LogP contribution in [-0.2, 0) is 9.59 Å². The lowest BCUT2D eigenvalue weighted by Gasteiger charge is -2.20. The Labute approximate surface area is 159 Å². The maximum absolute atomic E-state index is 12.3. The molecule has 25 heavy (non-hydrogen) atoms. The number of carbonyl (C=O) groups is 2. The fourth-order valence-electron chi connectivity index (χ4n) is 2.42. The molecule has 8 heteroatoms. The molecule has 0 N–H and O–H groups in total. The summed E-state index contributed by atoms with van der Waals surface area (Å²) < 4.78 is 0.489. The van der Waals surface area contributed by atoms with E-state index in [-0.39, 0.29) is 12.5 Å². The van der Waals surface area contributed by atoms with Crippen molar-refractivity contribution < 1.29 is 14.7 Å². The van der Waals surface area contributed by atoms with Crippen molar-refractivity contribution in [3.8, 4) is 0 Å². The van der Waals surface area contributed by atoms with E-state index in [4.69, 9.17) is 12.2 Å². The summed E-state index contributed by atoms with van der Waals surface area (Å²) in [5.74, 6) is -1.33. The lowest BCUT2D eigenvalue weighted by Crippen LogP contribution is -2.36. The van der Waals surface area contributed by atoms with E-state index in [0.29, 0.717) is 15.8 Å². The number of nitrogens with zero attached hydrogens (tertiary/aromatic N) is 2. The van der Waals surface area contributed by atoms with Gasteiger partial charge in [0.05, 0.1) is 28.1 Å². The molecule has 0 atom stereocenters. The van der Waals surface area contributed by atoms with Gasteiger partial charge in [0.1, 0.15) is 4.32 Å². The second-order valence-corrected chi connectivity index (χ2v) is 7.87. The van der Waals surface area contributed by atoms with Gasteiger partial charge in [-0.15, -0.1) is 6.58 Å². The Hall–Kier alpha value is -2.03. The average molecular weight is 390 g/mol. The summed E-state index contributed by atoms with van der Waals surface area (Å²) in [5, 5.41) is 11.8. The zero-order valence-corrected chi connectivity index (χ0v) is 15.5. The number of para-hydroxylation sites is 1. The largest absolute Gasteiger partial charge is 0.548 e. The molecule has 0 bridgehead atoms. The molecule has 2 aliphatic rings. The fourth-order valence-corrected chi connectivity index (χ4v) is 4.70. The summed E-state index contributed by atoms with van der Waals surface area (Å²) in [6.07, 6.45) is 5.05. The van der Waals surface area contributed by atoms with E-state index in [0.717, 1.165) is 15.6 Å². The third-order valence-corrected chi connectivity index (χ3v) is 6.01. The van der Waals surface area contributed by atoms with Crippen LogP contribution in [0.5, 0.6) is 0 Å². The summed E-state index contributed by atoms with van der Waals surface area (Å²) >= 11 is 7.88. The highest BCUT2D eigenvalue weighted by atomic mass is 32.2. The highest BCUT2D eigenvalue weighted by Gasteiger charge is 2.31. The second-order valence-electron chi connectivity index (χ2n) is 5.14. The number of carbonyl (C=O) groups excluding carboxylic acids is 2. The minimum Gasteiger partial charge on any atom is -0.548 e. The summed E-state index contributed by atoms with van der Waals surface area (Å²) in [4.78, 5) is 28.0. The van der Waals surface area contributed by atoms with Crippen LogP contribution in [0.1, 0.15) is 0 Å². The van der Waals surface area contributed by atoms with Crippen LogP contribution in [0.2, 0.25) is 0 Å². The summed E-state index contributed by atoms with van der Waals surface area (Å²) in [6.45, 7) is 3.74. The number of carboxylic acid groups (broad SMARTS) is 1. The number of hydrogen-bond donors (Lipinski definition) is 0. The first-order chi connectivity index (χ1) is 12.0. The quantitative estimate of drug-likeness (QED) is 0.434. The van der Waals surface area contributed by atoms with Crippen molar-refractivity contribution in [3.63, 3.8) is 0 Å². The molecule has 5 nitrogen and oxygen atoms in total. The Bertz CT molecular complexity index is 832. The van der Waals surface area contributed by atoms with Gasteiger partial charge < -0.3 is 14.8 Å². The van der Waals surface area contributed by atoms with Gasteiger partial charge in [0.2, 0.25) is 0 Å². The Morgan fingerprint density at radius 3 is 2.72 bits per heavy atom. The molecule has 0 aliphatic carbocycles. The van der Waals surface area contributed by atoms with Crippen LogP contribution in [0.15, 0.2) is 63.9 Å². The monoisotopic (exact) mass is 389 g/mol. The lowest BCUT2D eigenvalue weighted by atomic mass is 10.3. The van der Waals surface area contributed by atoms with Crippen molar-refractivity contribution in [2.24, 2.45) is 0 Å². The predicted octanol–water partition coefficient (Wildman–Crippen LogP) is 2.12. The molecule has 1 aromatic carbocycles. The molecule has 0 unspecified atom stereocenters. The molecule has 3 rings (SSSR count). The molecule has 1 amide bonds. The zero-order valence-electron chi connectivity index (χ0n) is 13.0. The first-order valence-corrected chi connectivity index (χ1v) is 9.36. The highest BCUT2D eigenvalue weighted by molar-refractivity contribution is 8.26. The maximum atomic E-state index is 12.3. The molecule has 0 radical (unpaired) electrons. The van der Waals surface area contributed by atoms with E-state index in [1.54, 1.807) is 23.1 Å². The van der Waals surface area contributed by atoms with Gasteiger partial charge in [0.25, 0.3) is 5.91 Å². The van der Waals surface area contributed by atoms with Crippen LogP contribution in [0.3, 0.4) is 0 Å². The first kappa shape index (κ1) is 17.8. The number of aliphatic carboxylic acids is 1. The van der Waals surface area contributed by atoms with Crippen molar-refractivity contribution >= 4 is 57.6 Å². The van der Waals surface area contributed by atoms with E-state index < -0.39 is 5.97 Å². The number of anilines is 1. The van der Waals surface area contributed by atoms with Gasteiger partial charge in [-0.05, 0) is 24.3 Å². The smallest absolute Gasteiger partial charge is 0.266 e. The summed E-state index contributed by atoms with van der Waals surface area (Å²) in [6, 6.07) is 7.53. The van der Waals surface area contributed by atoms with Crippen molar-refractivity contribution in [1.82, 2.24) is 4.90 Å². The van der Waals surface area contributed by atoms with Crippen LogP contribution in [0, 0.1) is 0 Å². The Balaban J connectivity index is 1.88. The van der Waals surface area contributed by atoms with Gasteiger partial charge in [-0.25, -0.2) is 0 Å². The lowest BCUT2D eigenvalue weighted by molar-refractivity contribution is -0.303. The minimum atomic E-state index is -1.17. The van der Waals surface area contributed by atoms with Gasteiger partial charge in [0.15, 0.2) is 0 Å². The minimum absolute atomic E-state index is 0.168. The number of amides is 1. The number of benzene rings is 1. The van der Waals surface area contributed by atoms with Crippen molar-refractivity contribution in [1.29, 1.82) is 0 Å². The Kier molecular flexibility index (Phi) is 5.31. The van der Waals surface area contributed by atoms with Crippen molar-refractivity contribution in [2.45, 2.75) is 4.90 Å². The molecule has 0 aromatic heterocycles. The van der Waals surface area contributed by atoms with E-state index in [2.05, 4.69) is 6.58 Å². The number of carboxylic acids is 1. The topological polar surface area (TPSA) is 63.7 Å². The molecule has 2 aliphatic heterocycles. The van der Waals surface area contributed by atoms with Crippen LogP contribution in [-0.4, -0.2) is 34.2 Å². The molecule has 1 saturated heterocycles. The molecule has 0 spiro atoms. The SMILES string of the molecule is C=CCN1C(=O)/C(=C/C=C2/Sc3ccccc3N2CC(=O)[O-])SC1=S. The normalized spacial score (nSPS) is 19.8. The second kappa shape index (κ2) is 7.47. The third kappa shape index (κ3) is 3.65. The van der Waals surface area contributed by atoms with Crippen LogP contribution in [0.4, 0.5) is 5.69 Å². The van der Waals surface area contributed by atoms with E-state index in [1.165, 1.54) is 28.4 Å². The number of thiocarbonyl (C=S) groups is 1. The summed E-state index contributed by atoms with van der Waals surface area (Å²) in [5.41, 5.74) is 0.815. The Morgan fingerprint density at radius 1 is 1.24 bits per heavy atom. The van der Waals surface area contributed by atoms with Crippen molar-refractivity contribution in [2.75, 3.05) is 18.0 Å². The van der Waals surface area contributed by atoms with Gasteiger partial charge in [0, 0.05) is 11.4 Å². The molecule has 2 heterocycles. The predicted molar refractivity (Wildman–Crippen MR) is 103 cm³/mol. The third-order valence-electron chi connectivity index (χ3n) is 3.49. The van der Waals surface area contributed by atoms with Gasteiger partial charge in [-0.1, -0.05) is 54.0 Å². The van der Waals surface area contributed by atoms with Crippen LogP contribution >= 0.6 is 35.7 Å². The van der Waals surface area contributed by atoms with E-state index in [1.807, 2.05) is 24.3 Å². The van der Waals surface area contributed by atoms with Crippen molar-refractivity contribution in [3.05, 3.63) is 59.0 Å². The van der Waals surface area contributed by atoms with Crippen LogP contribution in [0.25, 0.3) is 0 Å². The van der Waals surface area contributed by atoms with E-state index in [9.17, 15) is 14.7 Å². The first-order valence-electron chi connectivity index (χ1n) is 7.32. The number of rotatable bonds is 5. The maximum Gasteiger partial charge on any atom is 0.266 e. The van der Waals surface area contributed by atoms with Gasteiger partial charge in [-0.3, -0.25) is 9.69 Å². The zero-order chi connectivity index (χ0) is 18.0. The van der Waals surface area contributed by atoms with Gasteiger partial charge >= 0.3 is 0 Å². The average Bonchev–Trinajstić information content (AvgIpc) is 3.05. The van der Waals surface area contributed by atoms with Crippen LogP contribution < -0.4 is 10.0 Å². The Morgan fingerprint density at radius 2 is 2.00 bits per heavy atom. The molecule has 1 fully saturated rings. The standard InChI is InChI=1S/C17H14N2O3S3/c1-2-9-18-16(22)13(25-17(18)23)7-8-14-19(10-15(20)21)11-5-3-4-6-12(11)24-14/h2-8H,1,9-10H2,(H,20,21)/p-1/b13-7-,14-8+. The number of fused-ring (bicyclic) bond motifs is 1. The molecular weight excluding hydrogens is 376 g/mol. The number of thioether (sulfide) groups is 2. The number of allylic oxidation sites excluding steroid dienone is 2.